The minimum atomic E-state index is 0.0922. The van der Waals surface area contributed by atoms with E-state index >= 15 is 0 Å². The summed E-state index contributed by atoms with van der Waals surface area (Å²) >= 11 is 3.53. The van der Waals surface area contributed by atoms with E-state index in [9.17, 15) is 0 Å². The first kappa shape index (κ1) is 14.4. The van der Waals surface area contributed by atoms with Crippen molar-refractivity contribution in [2.24, 2.45) is 5.84 Å². The highest BCUT2D eigenvalue weighted by molar-refractivity contribution is 9.10. The van der Waals surface area contributed by atoms with Crippen LogP contribution < -0.4 is 16.0 Å². The molecular formula is C12H19BrN2O2. The van der Waals surface area contributed by atoms with Gasteiger partial charge in [-0.25, -0.2) is 0 Å². The molecule has 1 aromatic rings. The van der Waals surface area contributed by atoms with Crippen LogP contribution in [-0.2, 0) is 4.74 Å². The summed E-state index contributed by atoms with van der Waals surface area (Å²) in [6, 6.07) is 5.96. The monoisotopic (exact) mass is 302 g/mol. The van der Waals surface area contributed by atoms with Gasteiger partial charge in [-0.05, 0) is 36.6 Å². The Morgan fingerprint density at radius 3 is 2.76 bits per heavy atom. The van der Waals surface area contributed by atoms with Gasteiger partial charge in [-0.15, -0.1) is 0 Å². The molecule has 1 aromatic carbocycles. The predicted octanol–water partition coefficient (Wildman–Crippen LogP) is 2.39. The van der Waals surface area contributed by atoms with Crippen molar-refractivity contribution in [1.82, 2.24) is 5.43 Å². The Balaban J connectivity index is 2.78. The molecule has 0 aliphatic heterocycles. The average molecular weight is 303 g/mol. The van der Waals surface area contributed by atoms with Gasteiger partial charge in [0.05, 0.1) is 7.11 Å². The lowest BCUT2D eigenvalue weighted by molar-refractivity contribution is 0.188. The van der Waals surface area contributed by atoms with E-state index in [0.717, 1.165) is 35.2 Å². The highest BCUT2D eigenvalue weighted by atomic mass is 79.9. The van der Waals surface area contributed by atoms with Crippen molar-refractivity contribution in [3.8, 4) is 5.75 Å². The van der Waals surface area contributed by atoms with Crippen LogP contribution in [0.2, 0.25) is 0 Å². The molecule has 0 saturated heterocycles. The Morgan fingerprint density at radius 1 is 1.41 bits per heavy atom. The maximum absolute atomic E-state index is 5.59. The molecular weight excluding hydrogens is 284 g/mol. The van der Waals surface area contributed by atoms with Gasteiger partial charge < -0.3 is 9.47 Å². The fraction of sp³-hybridized carbons (Fsp3) is 0.500. The maximum atomic E-state index is 5.59. The van der Waals surface area contributed by atoms with Gasteiger partial charge in [0.25, 0.3) is 0 Å². The molecule has 0 aromatic heterocycles. The van der Waals surface area contributed by atoms with Gasteiger partial charge in [-0.3, -0.25) is 11.3 Å². The zero-order chi connectivity index (χ0) is 12.7. The zero-order valence-electron chi connectivity index (χ0n) is 10.2. The molecule has 4 nitrogen and oxygen atoms in total. The number of hydrogen-bond donors (Lipinski definition) is 2. The Morgan fingerprint density at radius 2 is 2.18 bits per heavy atom. The topological polar surface area (TPSA) is 56.5 Å². The quantitative estimate of drug-likeness (QED) is 0.461. The molecule has 0 aliphatic carbocycles. The van der Waals surface area contributed by atoms with Gasteiger partial charge in [0.15, 0.2) is 0 Å². The molecule has 3 N–H and O–H groups in total. The van der Waals surface area contributed by atoms with Crippen LogP contribution >= 0.6 is 15.9 Å². The third-order valence-corrected chi connectivity index (χ3v) is 3.34. The van der Waals surface area contributed by atoms with Crippen LogP contribution in [0, 0.1) is 0 Å². The van der Waals surface area contributed by atoms with Crippen molar-refractivity contribution in [3.05, 3.63) is 28.2 Å². The van der Waals surface area contributed by atoms with Gasteiger partial charge >= 0.3 is 0 Å². The molecule has 5 heteroatoms. The second-order valence-corrected chi connectivity index (χ2v) is 4.60. The lowest BCUT2D eigenvalue weighted by Crippen LogP contribution is -2.28. The summed E-state index contributed by atoms with van der Waals surface area (Å²) in [6.07, 6.45) is 1.87. The number of hydrazine groups is 1. The maximum Gasteiger partial charge on any atom is 0.119 e. The largest absolute Gasteiger partial charge is 0.497 e. The SMILES string of the molecule is COCCCC(NN)c1cc(OC)ccc1Br. The summed E-state index contributed by atoms with van der Waals surface area (Å²) in [7, 11) is 3.36. The summed E-state index contributed by atoms with van der Waals surface area (Å²) < 4.78 is 11.3. The fourth-order valence-corrected chi connectivity index (χ4v) is 2.20. The van der Waals surface area contributed by atoms with E-state index in [2.05, 4.69) is 21.4 Å². The Labute approximate surface area is 111 Å². The van der Waals surface area contributed by atoms with Crippen LogP contribution in [-0.4, -0.2) is 20.8 Å². The molecule has 1 atom stereocenters. The molecule has 0 radical (unpaired) electrons. The number of ether oxygens (including phenoxy) is 2. The van der Waals surface area contributed by atoms with Crippen molar-refractivity contribution < 1.29 is 9.47 Å². The fourth-order valence-electron chi connectivity index (χ4n) is 1.68. The van der Waals surface area contributed by atoms with Crippen LogP contribution in [0.3, 0.4) is 0 Å². The lowest BCUT2D eigenvalue weighted by atomic mass is 10.0. The van der Waals surface area contributed by atoms with E-state index in [4.69, 9.17) is 15.3 Å². The van der Waals surface area contributed by atoms with E-state index in [-0.39, 0.29) is 6.04 Å². The number of rotatable bonds is 7. The van der Waals surface area contributed by atoms with Crippen LogP contribution in [0.25, 0.3) is 0 Å². The first-order chi connectivity index (χ1) is 8.22. The van der Waals surface area contributed by atoms with Crippen molar-refractivity contribution in [3.63, 3.8) is 0 Å². The molecule has 1 unspecified atom stereocenters. The second kappa shape index (κ2) is 7.66. The van der Waals surface area contributed by atoms with Crippen molar-refractivity contribution >= 4 is 15.9 Å². The van der Waals surface area contributed by atoms with Crippen molar-refractivity contribution in [2.45, 2.75) is 18.9 Å². The number of benzene rings is 1. The standard InChI is InChI=1S/C12H19BrN2O2/c1-16-7-3-4-12(15-14)10-8-9(17-2)5-6-11(10)13/h5-6,8,12,15H,3-4,7,14H2,1-2H3. The van der Waals surface area contributed by atoms with E-state index in [1.54, 1.807) is 14.2 Å². The molecule has 0 amide bonds. The molecule has 0 saturated carbocycles. The summed E-state index contributed by atoms with van der Waals surface area (Å²) in [4.78, 5) is 0. The van der Waals surface area contributed by atoms with Gasteiger partial charge in [0, 0.05) is 24.2 Å². The second-order valence-electron chi connectivity index (χ2n) is 3.74. The highest BCUT2D eigenvalue weighted by Crippen LogP contribution is 2.29. The van der Waals surface area contributed by atoms with Crippen LogP contribution in [0.5, 0.6) is 5.75 Å². The molecule has 0 aliphatic rings. The predicted molar refractivity (Wildman–Crippen MR) is 71.9 cm³/mol. The Kier molecular flexibility index (Phi) is 6.50. The summed E-state index contributed by atoms with van der Waals surface area (Å²) in [5.41, 5.74) is 3.93. The molecule has 17 heavy (non-hydrogen) atoms. The number of nitrogens with one attached hydrogen (secondary N) is 1. The van der Waals surface area contributed by atoms with Gasteiger partial charge in [-0.2, -0.15) is 0 Å². The van der Waals surface area contributed by atoms with E-state index in [1.165, 1.54) is 0 Å². The van der Waals surface area contributed by atoms with E-state index < -0.39 is 0 Å². The average Bonchev–Trinajstić information content (AvgIpc) is 2.36. The van der Waals surface area contributed by atoms with Gasteiger partial charge in [0.2, 0.25) is 0 Å². The summed E-state index contributed by atoms with van der Waals surface area (Å²) in [5, 5.41) is 0. The van der Waals surface area contributed by atoms with Crippen molar-refractivity contribution in [1.29, 1.82) is 0 Å². The smallest absolute Gasteiger partial charge is 0.119 e. The first-order valence-corrected chi connectivity index (χ1v) is 6.30. The molecule has 0 heterocycles. The van der Waals surface area contributed by atoms with Crippen LogP contribution in [0.4, 0.5) is 0 Å². The van der Waals surface area contributed by atoms with E-state index in [1.807, 2.05) is 18.2 Å². The summed E-state index contributed by atoms with van der Waals surface area (Å²) in [5.74, 6) is 6.42. The number of methoxy groups -OCH3 is 2. The first-order valence-electron chi connectivity index (χ1n) is 5.51. The van der Waals surface area contributed by atoms with E-state index in [0.29, 0.717) is 0 Å². The molecule has 0 fully saturated rings. The van der Waals surface area contributed by atoms with Crippen molar-refractivity contribution in [2.75, 3.05) is 20.8 Å². The minimum Gasteiger partial charge on any atom is -0.497 e. The zero-order valence-corrected chi connectivity index (χ0v) is 11.8. The third-order valence-electron chi connectivity index (χ3n) is 2.62. The Hall–Kier alpha value is -0.620. The molecule has 96 valence electrons. The lowest BCUT2D eigenvalue weighted by Gasteiger charge is -2.18. The minimum absolute atomic E-state index is 0.0922. The van der Waals surface area contributed by atoms with Gasteiger partial charge in [0.1, 0.15) is 5.75 Å². The molecule has 1 rings (SSSR count). The van der Waals surface area contributed by atoms with Crippen LogP contribution in [0.15, 0.2) is 22.7 Å². The summed E-state index contributed by atoms with van der Waals surface area (Å²) in [6.45, 7) is 0.736. The number of nitrogens with two attached hydrogens (primary N) is 1. The Bertz CT molecular complexity index is 347. The molecule has 0 bridgehead atoms. The highest BCUT2D eigenvalue weighted by Gasteiger charge is 2.13. The normalized spacial score (nSPS) is 12.5. The van der Waals surface area contributed by atoms with Crippen LogP contribution in [0.1, 0.15) is 24.4 Å². The third kappa shape index (κ3) is 4.27. The molecule has 0 spiro atoms. The van der Waals surface area contributed by atoms with Gasteiger partial charge in [-0.1, -0.05) is 15.9 Å². The number of hydrogen-bond acceptors (Lipinski definition) is 4. The number of halogens is 1.